The maximum atomic E-state index is 12.9. The fourth-order valence-electron chi connectivity index (χ4n) is 1.65. The SMILES string of the molecule is CCOC(=O)c1c(Br)c(C)nn1-c1ccc(F)cc1. The van der Waals surface area contributed by atoms with E-state index in [1.807, 2.05) is 0 Å². The van der Waals surface area contributed by atoms with Crippen LogP contribution in [0.5, 0.6) is 0 Å². The van der Waals surface area contributed by atoms with Crippen LogP contribution >= 0.6 is 15.9 Å². The van der Waals surface area contributed by atoms with Gasteiger partial charge in [0, 0.05) is 0 Å². The molecule has 0 aliphatic carbocycles. The molecule has 1 heterocycles. The molecule has 0 saturated carbocycles. The van der Waals surface area contributed by atoms with Crippen molar-refractivity contribution in [3.63, 3.8) is 0 Å². The summed E-state index contributed by atoms with van der Waals surface area (Å²) < 4.78 is 20.0. The monoisotopic (exact) mass is 326 g/mol. The van der Waals surface area contributed by atoms with Gasteiger partial charge in [0.15, 0.2) is 5.69 Å². The fraction of sp³-hybridized carbons (Fsp3) is 0.231. The van der Waals surface area contributed by atoms with E-state index >= 15 is 0 Å². The average Bonchev–Trinajstić information content (AvgIpc) is 2.67. The molecule has 0 N–H and O–H groups in total. The minimum atomic E-state index is -0.473. The normalized spacial score (nSPS) is 10.5. The van der Waals surface area contributed by atoms with Crippen molar-refractivity contribution in [3.05, 3.63) is 45.9 Å². The van der Waals surface area contributed by atoms with E-state index in [-0.39, 0.29) is 12.4 Å². The fourth-order valence-corrected chi connectivity index (χ4v) is 2.06. The van der Waals surface area contributed by atoms with Crippen molar-refractivity contribution in [2.45, 2.75) is 13.8 Å². The molecule has 19 heavy (non-hydrogen) atoms. The Kier molecular flexibility index (Phi) is 3.99. The Bertz CT molecular complexity index is 608. The van der Waals surface area contributed by atoms with Crippen LogP contribution in [0.2, 0.25) is 0 Å². The van der Waals surface area contributed by atoms with Crippen LogP contribution in [0.4, 0.5) is 4.39 Å². The Hall–Kier alpha value is -1.69. The third kappa shape index (κ3) is 2.68. The van der Waals surface area contributed by atoms with Crippen LogP contribution in [0.3, 0.4) is 0 Å². The Morgan fingerprint density at radius 1 is 1.42 bits per heavy atom. The first-order valence-corrected chi connectivity index (χ1v) is 6.52. The molecular formula is C13H12BrFN2O2. The van der Waals surface area contributed by atoms with Crippen molar-refractivity contribution >= 4 is 21.9 Å². The molecule has 2 aromatic rings. The van der Waals surface area contributed by atoms with E-state index in [2.05, 4.69) is 21.0 Å². The number of carbonyl (C=O) groups is 1. The van der Waals surface area contributed by atoms with Gasteiger partial charge in [0.05, 0.1) is 22.5 Å². The number of esters is 1. The maximum Gasteiger partial charge on any atom is 0.358 e. The first-order chi connectivity index (χ1) is 9.04. The van der Waals surface area contributed by atoms with Crippen LogP contribution in [-0.2, 0) is 4.74 Å². The van der Waals surface area contributed by atoms with Crippen molar-refractivity contribution in [3.8, 4) is 5.69 Å². The number of benzene rings is 1. The van der Waals surface area contributed by atoms with Crippen LogP contribution in [-0.4, -0.2) is 22.4 Å². The lowest BCUT2D eigenvalue weighted by molar-refractivity contribution is 0.0514. The highest BCUT2D eigenvalue weighted by Crippen LogP contribution is 2.24. The first kappa shape index (κ1) is 13.7. The predicted octanol–water partition coefficient (Wildman–Crippen LogP) is 3.26. The average molecular weight is 327 g/mol. The van der Waals surface area contributed by atoms with Crippen molar-refractivity contribution in [1.29, 1.82) is 0 Å². The third-order valence-electron chi connectivity index (χ3n) is 2.53. The van der Waals surface area contributed by atoms with E-state index in [4.69, 9.17) is 4.74 Å². The van der Waals surface area contributed by atoms with E-state index in [9.17, 15) is 9.18 Å². The summed E-state index contributed by atoms with van der Waals surface area (Å²) in [5.74, 6) is -0.816. The lowest BCUT2D eigenvalue weighted by Gasteiger charge is -2.07. The number of carbonyl (C=O) groups excluding carboxylic acids is 1. The number of aromatic nitrogens is 2. The molecule has 0 fully saturated rings. The molecule has 0 amide bonds. The molecule has 1 aromatic carbocycles. The van der Waals surface area contributed by atoms with Crippen LogP contribution in [0, 0.1) is 12.7 Å². The van der Waals surface area contributed by atoms with Crippen molar-refractivity contribution in [1.82, 2.24) is 9.78 Å². The Balaban J connectivity index is 2.54. The predicted molar refractivity (Wildman–Crippen MR) is 71.9 cm³/mol. The van der Waals surface area contributed by atoms with Gasteiger partial charge in [-0.05, 0) is 54.0 Å². The molecule has 4 nitrogen and oxygen atoms in total. The molecule has 0 spiro atoms. The lowest BCUT2D eigenvalue weighted by Crippen LogP contribution is -2.12. The van der Waals surface area contributed by atoms with Crippen LogP contribution in [0.1, 0.15) is 23.1 Å². The zero-order valence-corrected chi connectivity index (χ0v) is 12.1. The largest absolute Gasteiger partial charge is 0.461 e. The van der Waals surface area contributed by atoms with E-state index in [1.54, 1.807) is 26.0 Å². The Labute approximate surface area is 118 Å². The van der Waals surface area contributed by atoms with Gasteiger partial charge >= 0.3 is 5.97 Å². The Morgan fingerprint density at radius 3 is 2.63 bits per heavy atom. The summed E-state index contributed by atoms with van der Waals surface area (Å²) in [4.78, 5) is 12.0. The number of hydrogen-bond donors (Lipinski definition) is 0. The molecule has 0 aliphatic rings. The van der Waals surface area contributed by atoms with Gasteiger partial charge in [-0.2, -0.15) is 5.10 Å². The molecule has 6 heteroatoms. The summed E-state index contributed by atoms with van der Waals surface area (Å²) in [5, 5.41) is 4.26. The van der Waals surface area contributed by atoms with E-state index in [0.717, 1.165) is 0 Å². The molecule has 0 saturated heterocycles. The lowest BCUT2D eigenvalue weighted by atomic mass is 10.3. The standard InChI is InChI=1S/C13H12BrFN2O2/c1-3-19-13(18)12-11(14)8(2)16-17(12)10-6-4-9(15)5-7-10/h4-7H,3H2,1-2H3. The van der Waals surface area contributed by atoms with Gasteiger partial charge in [0.2, 0.25) is 0 Å². The molecule has 0 aliphatic heterocycles. The van der Waals surface area contributed by atoms with Gasteiger partial charge < -0.3 is 4.74 Å². The zero-order valence-electron chi connectivity index (χ0n) is 10.5. The minimum Gasteiger partial charge on any atom is -0.461 e. The van der Waals surface area contributed by atoms with Gasteiger partial charge in [0.1, 0.15) is 5.82 Å². The van der Waals surface area contributed by atoms with Gasteiger partial charge in [-0.3, -0.25) is 0 Å². The van der Waals surface area contributed by atoms with Crippen LogP contribution < -0.4 is 0 Å². The van der Waals surface area contributed by atoms with Crippen LogP contribution in [0.15, 0.2) is 28.7 Å². The zero-order chi connectivity index (χ0) is 14.0. The first-order valence-electron chi connectivity index (χ1n) is 5.72. The highest BCUT2D eigenvalue weighted by molar-refractivity contribution is 9.10. The number of rotatable bonds is 3. The molecule has 2 rings (SSSR count). The smallest absolute Gasteiger partial charge is 0.358 e. The summed E-state index contributed by atoms with van der Waals surface area (Å²) in [6.45, 7) is 3.78. The number of ether oxygens (including phenoxy) is 1. The number of aryl methyl sites for hydroxylation is 1. The topological polar surface area (TPSA) is 44.1 Å². The highest BCUT2D eigenvalue weighted by Gasteiger charge is 2.22. The summed E-state index contributed by atoms with van der Waals surface area (Å²) in [6, 6.07) is 5.73. The maximum absolute atomic E-state index is 12.9. The highest BCUT2D eigenvalue weighted by atomic mass is 79.9. The molecule has 100 valence electrons. The molecule has 0 unspecified atom stereocenters. The number of nitrogens with zero attached hydrogens (tertiary/aromatic N) is 2. The van der Waals surface area contributed by atoms with Crippen LogP contribution in [0.25, 0.3) is 5.69 Å². The van der Waals surface area contributed by atoms with E-state index < -0.39 is 5.97 Å². The van der Waals surface area contributed by atoms with E-state index in [0.29, 0.717) is 21.5 Å². The van der Waals surface area contributed by atoms with Gasteiger partial charge in [-0.25, -0.2) is 13.9 Å². The summed E-state index contributed by atoms with van der Waals surface area (Å²) in [6.07, 6.45) is 0. The quantitative estimate of drug-likeness (QED) is 0.813. The summed E-state index contributed by atoms with van der Waals surface area (Å²) >= 11 is 3.33. The van der Waals surface area contributed by atoms with E-state index in [1.165, 1.54) is 16.8 Å². The number of hydrogen-bond acceptors (Lipinski definition) is 3. The Morgan fingerprint density at radius 2 is 2.05 bits per heavy atom. The second kappa shape index (κ2) is 5.52. The van der Waals surface area contributed by atoms with Crippen molar-refractivity contribution in [2.24, 2.45) is 0 Å². The van der Waals surface area contributed by atoms with Gasteiger partial charge in [-0.1, -0.05) is 0 Å². The summed E-state index contributed by atoms with van der Waals surface area (Å²) in [5.41, 5.74) is 1.55. The molecule has 0 atom stereocenters. The second-order valence-corrected chi connectivity index (χ2v) is 4.65. The van der Waals surface area contributed by atoms with Crippen molar-refractivity contribution < 1.29 is 13.9 Å². The number of halogens is 2. The minimum absolute atomic E-state index is 0.277. The molecular weight excluding hydrogens is 315 g/mol. The summed E-state index contributed by atoms with van der Waals surface area (Å²) in [7, 11) is 0. The molecule has 0 bridgehead atoms. The molecule has 0 radical (unpaired) electrons. The third-order valence-corrected chi connectivity index (χ3v) is 3.48. The van der Waals surface area contributed by atoms with Gasteiger partial charge in [-0.15, -0.1) is 0 Å². The van der Waals surface area contributed by atoms with Gasteiger partial charge in [0.25, 0.3) is 0 Å². The molecule has 1 aromatic heterocycles. The van der Waals surface area contributed by atoms with Crippen molar-refractivity contribution in [2.75, 3.05) is 6.61 Å². The second-order valence-electron chi connectivity index (χ2n) is 3.86.